The van der Waals surface area contributed by atoms with Crippen molar-refractivity contribution in [2.24, 2.45) is 0 Å². The van der Waals surface area contributed by atoms with Gasteiger partial charge in [-0.1, -0.05) is 54.1 Å². The Bertz CT molecular complexity index is 477. The molecule has 0 atom stereocenters. The first-order valence-electron chi connectivity index (χ1n) is 5.67. The fourth-order valence-corrected chi connectivity index (χ4v) is 5.34. The minimum atomic E-state index is -3.58. The average Bonchev–Trinajstić information content (AvgIpc) is 2.39. The highest BCUT2D eigenvalue weighted by molar-refractivity contribution is 8.12. The minimum absolute atomic E-state index is 0.0574. The first kappa shape index (κ1) is 17.4. The van der Waals surface area contributed by atoms with Gasteiger partial charge >= 0.3 is 0 Å². The minimum Gasteiger partial charge on any atom is -0.211 e. The summed E-state index contributed by atoms with van der Waals surface area (Å²) < 4.78 is 25.5. The topological polar surface area (TPSA) is 61.2 Å². The highest BCUT2D eigenvalue weighted by Gasteiger charge is 2.34. The van der Waals surface area contributed by atoms with Gasteiger partial charge < -0.3 is 0 Å². The lowest BCUT2D eigenvalue weighted by molar-refractivity contribution is 0.466. The van der Waals surface area contributed by atoms with Gasteiger partial charge in [-0.3, -0.25) is 0 Å². The second-order valence-electron chi connectivity index (χ2n) is 4.05. The van der Waals surface area contributed by atoms with Gasteiger partial charge in [0.2, 0.25) is 10.0 Å². The molecule has 0 saturated heterocycles. The van der Waals surface area contributed by atoms with Gasteiger partial charge in [-0.15, -0.1) is 3.71 Å². The largest absolute Gasteiger partial charge is 0.227 e. The molecule has 0 amide bonds. The Morgan fingerprint density at radius 2 is 1.84 bits per heavy atom. The molecule has 0 aromatic heterocycles. The van der Waals surface area contributed by atoms with Crippen LogP contribution in [0.1, 0.15) is 32.1 Å². The Morgan fingerprint density at radius 1 is 1.26 bits per heavy atom. The van der Waals surface area contributed by atoms with Crippen LogP contribution in [0.25, 0.3) is 0 Å². The molecule has 4 nitrogen and oxygen atoms in total. The van der Waals surface area contributed by atoms with Crippen molar-refractivity contribution in [3.8, 4) is 6.07 Å². The molecule has 0 radical (unpaired) electrons. The monoisotopic (exact) mass is 362 g/mol. The molecule has 0 unspecified atom stereocenters. The van der Waals surface area contributed by atoms with Crippen molar-refractivity contribution in [3.05, 3.63) is 8.86 Å². The average molecular weight is 364 g/mol. The summed E-state index contributed by atoms with van der Waals surface area (Å²) in [4.78, 5) is 0. The quantitative estimate of drug-likeness (QED) is 0.548. The lowest BCUT2D eigenvalue weighted by Gasteiger charge is -2.27. The van der Waals surface area contributed by atoms with E-state index in [1.807, 2.05) is 6.07 Å². The molecule has 0 spiro atoms. The number of rotatable bonds is 5. The van der Waals surface area contributed by atoms with Crippen LogP contribution in [0.15, 0.2) is 8.86 Å². The molecule has 1 aliphatic carbocycles. The van der Waals surface area contributed by atoms with Gasteiger partial charge in [0.25, 0.3) is 0 Å². The SMILES string of the molecule is N#CCN(SC(Cl)=C(Cl)Cl)S(=O)(=O)C1CCCCC1. The summed E-state index contributed by atoms with van der Waals surface area (Å²) in [5, 5.41) is 8.30. The van der Waals surface area contributed by atoms with Crippen LogP contribution >= 0.6 is 46.8 Å². The molecule has 0 aromatic carbocycles. The van der Waals surface area contributed by atoms with E-state index in [9.17, 15) is 8.42 Å². The fourth-order valence-electron chi connectivity index (χ4n) is 1.89. The Morgan fingerprint density at radius 3 is 2.32 bits per heavy atom. The standard InChI is InChI=1S/C10H13Cl3N2O2S2/c11-9(12)10(13)18-15(7-6-14)19(16,17)8-4-2-1-3-5-8/h8H,1-5,7H2. The van der Waals surface area contributed by atoms with E-state index in [2.05, 4.69) is 0 Å². The molecule has 0 N–H and O–H groups in total. The summed E-state index contributed by atoms with van der Waals surface area (Å²) in [5.41, 5.74) is 0. The maximum absolute atomic E-state index is 12.4. The normalized spacial score (nSPS) is 17.2. The fraction of sp³-hybridized carbons (Fsp3) is 0.700. The van der Waals surface area contributed by atoms with E-state index in [0.29, 0.717) is 24.8 Å². The highest BCUT2D eigenvalue weighted by atomic mass is 35.5. The van der Waals surface area contributed by atoms with Crippen LogP contribution in [0, 0.1) is 11.3 Å². The van der Waals surface area contributed by atoms with Crippen LogP contribution in [-0.4, -0.2) is 23.9 Å². The summed E-state index contributed by atoms with van der Waals surface area (Å²) in [6, 6.07) is 1.82. The van der Waals surface area contributed by atoms with Crippen molar-refractivity contribution in [2.75, 3.05) is 6.54 Å². The third-order valence-electron chi connectivity index (χ3n) is 2.79. The Balaban J connectivity index is 2.91. The summed E-state index contributed by atoms with van der Waals surface area (Å²) in [7, 11) is -3.58. The second kappa shape index (κ2) is 7.96. The third kappa shape index (κ3) is 5.00. The van der Waals surface area contributed by atoms with Crippen molar-refractivity contribution in [3.63, 3.8) is 0 Å². The predicted octanol–water partition coefficient (Wildman–Crippen LogP) is 3.97. The number of hydrogen-bond donors (Lipinski definition) is 0. The summed E-state index contributed by atoms with van der Waals surface area (Å²) in [5.74, 6) is 0. The molecule has 1 rings (SSSR count). The molecule has 1 fully saturated rings. The maximum atomic E-state index is 12.4. The van der Waals surface area contributed by atoms with Gasteiger partial charge in [-0.05, 0) is 24.8 Å². The van der Waals surface area contributed by atoms with E-state index in [4.69, 9.17) is 40.1 Å². The van der Waals surface area contributed by atoms with Crippen molar-refractivity contribution in [1.82, 2.24) is 3.71 Å². The summed E-state index contributed by atoms with van der Waals surface area (Å²) in [6.07, 6.45) is 4.04. The van der Waals surface area contributed by atoms with E-state index in [0.717, 1.165) is 23.0 Å². The van der Waals surface area contributed by atoms with Gasteiger partial charge in [0.15, 0.2) is 0 Å². The predicted molar refractivity (Wildman–Crippen MR) is 80.3 cm³/mol. The summed E-state index contributed by atoms with van der Waals surface area (Å²) in [6.45, 7) is -0.291. The van der Waals surface area contributed by atoms with E-state index in [1.54, 1.807) is 0 Å². The van der Waals surface area contributed by atoms with E-state index < -0.39 is 15.3 Å². The molecule has 1 saturated carbocycles. The van der Waals surface area contributed by atoms with Crippen molar-refractivity contribution in [2.45, 2.75) is 37.4 Å². The van der Waals surface area contributed by atoms with Crippen molar-refractivity contribution < 1.29 is 8.42 Å². The van der Waals surface area contributed by atoms with Crippen molar-refractivity contribution >= 4 is 56.8 Å². The zero-order valence-electron chi connectivity index (χ0n) is 9.98. The van der Waals surface area contributed by atoms with Gasteiger partial charge in [0, 0.05) is 0 Å². The van der Waals surface area contributed by atoms with E-state index in [-0.39, 0.29) is 15.4 Å². The van der Waals surface area contributed by atoms with Crippen LogP contribution in [-0.2, 0) is 10.0 Å². The Labute approximate surface area is 132 Å². The molecule has 0 heterocycles. The van der Waals surface area contributed by atoms with Crippen LogP contribution in [0.5, 0.6) is 0 Å². The van der Waals surface area contributed by atoms with E-state index >= 15 is 0 Å². The molecule has 0 aromatic rings. The van der Waals surface area contributed by atoms with Gasteiger partial charge in [-0.2, -0.15) is 5.26 Å². The Hall–Kier alpha value is 0.360. The van der Waals surface area contributed by atoms with Crippen LogP contribution in [0.2, 0.25) is 0 Å². The maximum Gasteiger partial charge on any atom is 0.227 e. The first-order chi connectivity index (χ1) is 8.89. The van der Waals surface area contributed by atoms with Crippen LogP contribution in [0.3, 0.4) is 0 Å². The lowest BCUT2D eigenvalue weighted by Crippen LogP contribution is -2.35. The van der Waals surface area contributed by atoms with E-state index in [1.165, 1.54) is 0 Å². The second-order valence-corrected chi connectivity index (χ2v) is 9.00. The van der Waals surface area contributed by atoms with Crippen LogP contribution < -0.4 is 0 Å². The Kier molecular flexibility index (Phi) is 7.30. The van der Waals surface area contributed by atoms with Crippen LogP contribution in [0.4, 0.5) is 0 Å². The molecule has 0 aliphatic heterocycles. The number of nitriles is 1. The molecule has 0 bridgehead atoms. The molecule has 19 heavy (non-hydrogen) atoms. The molecular formula is C10H13Cl3N2O2S2. The smallest absolute Gasteiger partial charge is 0.211 e. The number of nitrogens with zero attached hydrogens (tertiary/aromatic N) is 2. The molecule has 9 heteroatoms. The van der Waals surface area contributed by atoms with Crippen molar-refractivity contribution in [1.29, 1.82) is 5.26 Å². The molecule has 108 valence electrons. The van der Waals surface area contributed by atoms with Gasteiger partial charge in [-0.25, -0.2) is 8.42 Å². The molecule has 1 aliphatic rings. The number of hydrogen-bond acceptors (Lipinski definition) is 4. The van der Waals surface area contributed by atoms with Gasteiger partial charge in [0.1, 0.15) is 15.4 Å². The first-order valence-corrected chi connectivity index (χ1v) is 9.08. The summed E-state index contributed by atoms with van der Waals surface area (Å²) >= 11 is 17.4. The van der Waals surface area contributed by atoms with Gasteiger partial charge in [0.05, 0.1) is 11.3 Å². The third-order valence-corrected chi connectivity index (χ3v) is 7.53. The zero-order valence-corrected chi connectivity index (χ0v) is 13.9. The lowest BCUT2D eigenvalue weighted by atomic mass is 10.0. The highest BCUT2D eigenvalue weighted by Crippen LogP contribution is 2.36. The zero-order chi connectivity index (χ0) is 14.5. The number of halogens is 3. The molecular weight excluding hydrogens is 351 g/mol. The number of sulfonamides is 1.